The van der Waals surface area contributed by atoms with Crippen LogP contribution in [0.5, 0.6) is 0 Å². The lowest BCUT2D eigenvalue weighted by molar-refractivity contribution is -0.130. The number of carbonyl (C=O) groups excluding carboxylic acids is 2. The van der Waals surface area contributed by atoms with Gasteiger partial charge in [0.1, 0.15) is 0 Å². The second kappa shape index (κ2) is 10.3. The number of carbonyl (C=O) groups is 2. The molecule has 5 rings (SSSR count). The Labute approximate surface area is 214 Å². The highest BCUT2D eigenvalue weighted by Crippen LogP contribution is 2.36. The number of amides is 3. The molecular weight excluding hydrogens is 446 g/mol. The largest absolute Gasteiger partial charge is 0.325 e. The van der Waals surface area contributed by atoms with Gasteiger partial charge < -0.3 is 10.2 Å². The minimum Gasteiger partial charge on any atom is -0.315 e. The predicted molar refractivity (Wildman–Crippen MR) is 143 cm³/mol. The van der Waals surface area contributed by atoms with E-state index in [1.54, 1.807) is 0 Å². The van der Waals surface area contributed by atoms with E-state index >= 15 is 0 Å². The van der Waals surface area contributed by atoms with Crippen molar-refractivity contribution < 1.29 is 9.59 Å². The average Bonchev–Trinajstić information content (AvgIpc) is 3.16. The van der Waals surface area contributed by atoms with Gasteiger partial charge in [0.15, 0.2) is 5.54 Å². The first kappa shape index (κ1) is 24.3. The number of likely N-dealkylation sites (tertiary alicyclic amines) is 1. The summed E-state index contributed by atoms with van der Waals surface area (Å²) in [6.45, 7) is 7.45. The Kier molecular flexibility index (Phi) is 6.92. The lowest BCUT2D eigenvalue weighted by Gasteiger charge is -2.32. The van der Waals surface area contributed by atoms with Crippen LogP contribution in [0.4, 0.5) is 4.79 Å². The fourth-order valence-electron chi connectivity index (χ4n) is 5.61. The molecule has 3 aromatic carbocycles. The number of urea groups is 1. The maximum Gasteiger partial charge on any atom is 0.325 e. The van der Waals surface area contributed by atoms with E-state index in [4.69, 9.17) is 0 Å². The van der Waals surface area contributed by atoms with Crippen LogP contribution < -0.4 is 5.32 Å². The van der Waals surface area contributed by atoms with Crippen molar-refractivity contribution in [1.29, 1.82) is 0 Å². The van der Waals surface area contributed by atoms with Crippen LogP contribution in [-0.4, -0.2) is 47.9 Å². The van der Waals surface area contributed by atoms with E-state index < -0.39 is 5.54 Å². The van der Waals surface area contributed by atoms with Gasteiger partial charge in [0.25, 0.3) is 5.91 Å². The summed E-state index contributed by atoms with van der Waals surface area (Å²) >= 11 is 0. The lowest BCUT2D eigenvalue weighted by atomic mass is 9.82. The molecule has 5 nitrogen and oxygen atoms in total. The van der Waals surface area contributed by atoms with Crippen LogP contribution >= 0.6 is 0 Å². The molecule has 0 bridgehead atoms. The molecule has 0 radical (unpaired) electrons. The topological polar surface area (TPSA) is 52.7 Å². The predicted octanol–water partition coefficient (Wildman–Crippen LogP) is 5.37. The summed E-state index contributed by atoms with van der Waals surface area (Å²) in [5.74, 6) is 0.431. The van der Waals surface area contributed by atoms with Gasteiger partial charge in [-0.3, -0.25) is 9.69 Å². The summed E-state index contributed by atoms with van der Waals surface area (Å²) in [5.41, 5.74) is 4.05. The summed E-state index contributed by atoms with van der Waals surface area (Å²) in [5, 5.41) is 3.08. The van der Waals surface area contributed by atoms with E-state index in [0.717, 1.165) is 61.2 Å². The third-order valence-electron chi connectivity index (χ3n) is 7.79. The Morgan fingerprint density at radius 3 is 1.89 bits per heavy atom. The van der Waals surface area contributed by atoms with Gasteiger partial charge in [0.2, 0.25) is 0 Å². The van der Waals surface area contributed by atoms with Crippen LogP contribution in [0.2, 0.25) is 0 Å². The molecule has 3 aromatic rings. The Morgan fingerprint density at radius 1 is 0.778 bits per heavy atom. The molecule has 0 saturated carbocycles. The third-order valence-corrected chi connectivity index (χ3v) is 7.79. The number of aryl methyl sites for hydroxylation is 2. The number of hydrogen-bond donors (Lipinski definition) is 1. The van der Waals surface area contributed by atoms with Crippen molar-refractivity contribution in [3.05, 3.63) is 107 Å². The lowest BCUT2D eigenvalue weighted by Crippen LogP contribution is -2.45. The van der Waals surface area contributed by atoms with Gasteiger partial charge in [-0.1, -0.05) is 90.0 Å². The first-order valence-corrected chi connectivity index (χ1v) is 13.0. The van der Waals surface area contributed by atoms with Crippen LogP contribution in [0.15, 0.2) is 78.9 Å². The zero-order chi connectivity index (χ0) is 25.1. The summed E-state index contributed by atoms with van der Waals surface area (Å²) < 4.78 is 0. The molecule has 3 amide bonds. The number of rotatable bonds is 7. The molecule has 1 N–H and O–H groups in total. The number of benzene rings is 3. The maximum atomic E-state index is 13.9. The third kappa shape index (κ3) is 4.68. The highest BCUT2D eigenvalue weighted by Gasteiger charge is 2.53. The molecule has 2 aliphatic rings. The fourth-order valence-corrected chi connectivity index (χ4v) is 5.61. The molecule has 0 aliphatic carbocycles. The molecular formula is C31H35N3O2. The summed E-state index contributed by atoms with van der Waals surface area (Å²) in [4.78, 5) is 30.9. The van der Waals surface area contributed by atoms with Gasteiger partial charge >= 0.3 is 6.03 Å². The van der Waals surface area contributed by atoms with Crippen molar-refractivity contribution in [3.8, 4) is 0 Å². The zero-order valence-corrected chi connectivity index (χ0v) is 21.2. The standard InChI is InChI=1S/C31H35N3O2/c1-23-9-13-27(14-10-23)31(28-15-11-24(2)12-16-28)29(35)34(30(36)32-31)20-6-19-33-21-17-26(18-22-33)25-7-4-3-5-8-25/h3-5,7-16,26H,6,17-22H2,1-2H3,(H,32,36). The number of imide groups is 1. The van der Waals surface area contributed by atoms with Gasteiger partial charge in [-0.15, -0.1) is 0 Å². The van der Waals surface area contributed by atoms with Gasteiger partial charge in [-0.05, 0) is 75.4 Å². The van der Waals surface area contributed by atoms with Crippen LogP contribution in [-0.2, 0) is 10.3 Å². The number of hydrogen-bond acceptors (Lipinski definition) is 3. The molecule has 0 spiro atoms. The maximum absolute atomic E-state index is 13.9. The van der Waals surface area contributed by atoms with Crippen LogP contribution in [0, 0.1) is 13.8 Å². The molecule has 2 saturated heterocycles. The Bertz CT molecular complexity index is 1150. The van der Waals surface area contributed by atoms with Gasteiger partial charge in [-0.2, -0.15) is 0 Å². The molecule has 0 unspecified atom stereocenters. The van der Waals surface area contributed by atoms with Crippen molar-refractivity contribution in [3.63, 3.8) is 0 Å². The van der Waals surface area contributed by atoms with Gasteiger partial charge in [-0.25, -0.2) is 4.79 Å². The molecule has 2 heterocycles. The Balaban J connectivity index is 1.26. The summed E-state index contributed by atoms with van der Waals surface area (Å²) in [6.07, 6.45) is 3.07. The molecule has 2 fully saturated rings. The molecule has 186 valence electrons. The molecule has 2 aliphatic heterocycles. The zero-order valence-electron chi connectivity index (χ0n) is 21.2. The number of nitrogens with zero attached hydrogens (tertiary/aromatic N) is 2. The van der Waals surface area contributed by atoms with E-state index in [-0.39, 0.29) is 11.9 Å². The molecule has 36 heavy (non-hydrogen) atoms. The first-order valence-electron chi connectivity index (χ1n) is 13.0. The minimum atomic E-state index is -1.19. The van der Waals surface area contributed by atoms with Crippen molar-refractivity contribution in [2.45, 2.75) is 44.6 Å². The number of piperidine rings is 1. The second-order valence-electron chi connectivity index (χ2n) is 10.2. The van der Waals surface area contributed by atoms with E-state index in [1.165, 1.54) is 10.5 Å². The quantitative estimate of drug-likeness (QED) is 0.462. The van der Waals surface area contributed by atoms with Crippen LogP contribution in [0.1, 0.15) is 53.0 Å². The van der Waals surface area contributed by atoms with Gasteiger partial charge in [0.05, 0.1) is 0 Å². The SMILES string of the molecule is Cc1ccc(C2(c3ccc(C)cc3)NC(=O)N(CCCN3CCC(c4ccccc4)CC3)C2=O)cc1. The Hall–Kier alpha value is -3.44. The van der Waals surface area contributed by atoms with E-state index in [0.29, 0.717) is 12.5 Å². The van der Waals surface area contributed by atoms with Crippen molar-refractivity contribution >= 4 is 11.9 Å². The highest BCUT2D eigenvalue weighted by atomic mass is 16.2. The minimum absolute atomic E-state index is 0.192. The monoisotopic (exact) mass is 481 g/mol. The molecule has 0 aromatic heterocycles. The van der Waals surface area contributed by atoms with Crippen LogP contribution in [0.25, 0.3) is 0 Å². The fraction of sp³-hybridized carbons (Fsp3) is 0.355. The average molecular weight is 482 g/mol. The van der Waals surface area contributed by atoms with Crippen LogP contribution in [0.3, 0.4) is 0 Å². The first-order chi connectivity index (χ1) is 17.5. The van der Waals surface area contributed by atoms with Gasteiger partial charge in [0, 0.05) is 6.54 Å². The van der Waals surface area contributed by atoms with E-state index in [2.05, 4.69) is 40.5 Å². The smallest absolute Gasteiger partial charge is 0.315 e. The number of nitrogens with one attached hydrogen (secondary N) is 1. The molecule has 5 heteroatoms. The Morgan fingerprint density at radius 2 is 1.33 bits per heavy atom. The normalized spacial score (nSPS) is 18.4. The molecule has 0 atom stereocenters. The highest BCUT2D eigenvalue weighted by molar-refractivity contribution is 6.09. The van der Waals surface area contributed by atoms with E-state index in [1.807, 2.05) is 62.4 Å². The van der Waals surface area contributed by atoms with E-state index in [9.17, 15) is 9.59 Å². The summed E-state index contributed by atoms with van der Waals surface area (Å²) in [7, 11) is 0. The van der Waals surface area contributed by atoms with Crippen molar-refractivity contribution in [2.24, 2.45) is 0 Å². The summed E-state index contributed by atoms with van der Waals surface area (Å²) in [6, 6.07) is 26.2. The van der Waals surface area contributed by atoms with Crippen molar-refractivity contribution in [2.75, 3.05) is 26.2 Å². The second-order valence-corrected chi connectivity index (χ2v) is 10.2. The van der Waals surface area contributed by atoms with Crippen molar-refractivity contribution in [1.82, 2.24) is 15.1 Å².